The van der Waals surface area contributed by atoms with E-state index in [4.69, 9.17) is 0 Å². The summed E-state index contributed by atoms with van der Waals surface area (Å²) < 4.78 is 0.826. The van der Waals surface area contributed by atoms with Gasteiger partial charge in [0.2, 0.25) is 0 Å². The summed E-state index contributed by atoms with van der Waals surface area (Å²) in [6.45, 7) is 0.421. The van der Waals surface area contributed by atoms with E-state index >= 15 is 0 Å². The lowest BCUT2D eigenvalue weighted by molar-refractivity contribution is -0.384. The number of rotatable bonds is 4. The van der Waals surface area contributed by atoms with Crippen molar-refractivity contribution in [3.8, 4) is 0 Å². The number of nitrogens with zero attached hydrogens (tertiary/aromatic N) is 3. The molecule has 7 heteroatoms. The molecule has 0 aliphatic heterocycles. The second-order valence-corrected chi connectivity index (χ2v) is 4.72. The van der Waals surface area contributed by atoms with Gasteiger partial charge in [-0.3, -0.25) is 10.1 Å². The summed E-state index contributed by atoms with van der Waals surface area (Å²) in [5, 5.41) is 13.9. The van der Waals surface area contributed by atoms with Crippen LogP contribution in [0.1, 0.15) is 5.69 Å². The first-order valence-electron chi connectivity index (χ1n) is 5.09. The molecule has 0 amide bonds. The highest BCUT2D eigenvalue weighted by molar-refractivity contribution is 14.1. The van der Waals surface area contributed by atoms with Crippen LogP contribution in [-0.2, 0) is 6.54 Å². The molecule has 0 unspecified atom stereocenters. The van der Waals surface area contributed by atoms with E-state index in [0.717, 1.165) is 9.26 Å². The van der Waals surface area contributed by atoms with Crippen LogP contribution in [0.25, 0.3) is 0 Å². The van der Waals surface area contributed by atoms with Gasteiger partial charge in [-0.2, -0.15) is 0 Å². The maximum Gasteiger partial charge on any atom is 0.293 e. The fourth-order valence-electron chi connectivity index (χ4n) is 1.41. The molecular weight excluding hydrogens is 347 g/mol. The topological polar surface area (TPSA) is 81.0 Å². The summed E-state index contributed by atoms with van der Waals surface area (Å²) in [6, 6.07) is 6.80. The predicted octanol–water partition coefficient (Wildman–Crippen LogP) is 2.60. The van der Waals surface area contributed by atoms with Gasteiger partial charge in [0.15, 0.2) is 0 Å². The van der Waals surface area contributed by atoms with Crippen molar-refractivity contribution in [1.29, 1.82) is 0 Å². The Morgan fingerprint density at radius 1 is 1.39 bits per heavy atom. The Labute approximate surface area is 117 Å². The van der Waals surface area contributed by atoms with Gasteiger partial charge in [-0.05, 0) is 40.8 Å². The van der Waals surface area contributed by atoms with Crippen LogP contribution in [0.4, 0.5) is 11.4 Å². The minimum Gasteiger partial charge on any atom is -0.374 e. The van der Waals surface area contributed by atoms with Crippen LogP contribution >= 0.6 is 22.6 Å². The number of hydrogen-bond donors (Lipinski definition) is 1. The number of nitrogens with one attached hydrogen (secondary N) is 1. The first-order chi connectivity index (χ1) is 8.66. The smallest absolute Gasteiger partial charge is 0.293 e. The minimum atomic E-state index is -0.398. The van der Waals surface area contributed by atoms with Crippen molar-refractivity contribution in [2.45, 2.75) is 6.54 Å². The van der Waals surface area contributed by atoms with Crippen molar-refractivity contribution in [3.63, 3.8) is 0 Å². The average molecular weight is 356 g/mol. The largest absolute Gasteiger partial charge is 0.374 e. The maximum atomic E-state index is 10.9. The van der Waals surface area contributed by atoms with Crippen LogP contribution in [0.2, 0.25) is 0 Å². The third-order valence-electron chi connectivity index (χ3n) is 2.26. The Morgan fingerprint density at radius 3 is 2.89 bits per heavy atom. The molecule has 1 heterocycles. The van der Waals surface area contributed by atoms with E-state index in [1.165, 1.54) is 12.4 Å². The van der Waals surface area contributed by atoms with Crippen molar-refractivity contribution in [1.82, 2.24) is 9.97 Å². The molecule has 2 aromatic rings. The third kappa shape index (κ3) is 3.13. The van der Waals surface area contributed by atoms with Gasteiger partial charge in [0.05, 0.1) is 17.2 Å². The lowest BCUT2D eigenvalue weighted by atomic mass is 10.2. The predicted molar refractivity (Wildman–Crippen MR) is 75.2 cm³/mol. The molecule has 0 aliphatic rings. The normalized spacial score (nSPS) is 10.1. The van der Waals surface area contributed by atoms with E-state index in [2.05, 4.69) is 15.3 Å². The molecule has 0 atom stereocenters. The van der Waals surface area contributed by atoms with E-state index in [-0.39, 0.29) is 5.69 Å². The zero-order valence-corrected chi connectivity index (χ0v) is 11.4. The van der Waals surface area contributed by atoms with E-state index in [0.29, 0.717) is 12.2 Å². The Kier molecular flexibility index (Phi) is 4.03. The van der Waals surface area contributed by atoms with Gasteiger partial charge in [0.25, 0.3) is 5.69 Å². The number of aromatic nitrogens is 2. The summed E-state index contributed by atoms with van der Waals surface area (Å²) >= 11 is 2.04. The summed E-state index contributed by atoms with van der Waals surface area (Å²) in [5.41, 5.74) is 1.33. The van der Waals surface area contributed by atoms with Gasteiger partial charge in [-0.25, -0.2) is 9.97 Å². The van der Waals surface area contributed by atoms with Crippen LogP contribution in [-0.4, -0.2) is 14.9 Å². The van der Waals surface area contributed by atoms with Gasteiger partial charge in [0.1, 0.15) is 12.0 Å². The minimum absolute atomic E-state index is 0.0657. The van der Waals surface area contributed by atoms with Crippen LogP contribution in [0.5, 0.6) is 0 Å². The second-order valence-electron chi connectivity index (χ2n) is 3.47. The van der Waals surface area contributed by atoms with Crippen LogP contribution in [0.3, 0.4) is 0 Å². The summed E-state index contributed by atoms with van der Waals surface area (Å²) in [4.78, 5) is 18.4. The lowest BCUT2D eigenvalue weighted by Gasteiger charge is -2.06. The molecule has 0 bridgehead atoms. The summed E-state index contributed by atoms with van der Waals surface area (Å²) in [5.74, 6) is 0. The van der Waals surface area contributed by atoms with Crippen molar-refractivity contribution in [2.75, 3.05) is 5.32 Å². The van der Waals surface area contributed by atoms with Gasteiger partial charge >= 0.3 is 0 Å². The molecule has 0 saturated carbocycles. The quantitative estimate of drug-likeness (QED) is 0.518. The Morgan fingerprint density at radius 2 is 2.22 bits per heavy atom. The van der Waals surface area contributed by atoms with Crippen molar-refractivity contribution < 1.29 is 4.92 Å². The average Bonchev–Trinajstić information content (AvgIpc) is 2.38. The highest BCUT2D eigenvalue weighted by atomic mass is 127. The number of anilines is 1. The molecule has 0 aliphatic carbocycles. The molecule has 1 N–H and O–H groups in total. The zero-order chi connectivity index (χ0) is 13.0. The molecule has 0 radical (unpaired) electrons. The van der Waals surface area contributed by atoms with E-state index in [1.54, 1.807) is 18.3 Å². The zero-order valence-electron chi connectivity index (χ0n) is 9.21. The van der Waals surface area contributed by atoms with E-state index in [9.17, 15) is 10.1 Å². The number of nitro benzene ring substituents is 1. The van der Waals surface area contributed by atoms with Crippen molar-refractivity contribution >= 4 is 34.0 Å². The highest BCUT2D eigenvalue weighted by Crippen LogP contribution is 2.26. The standard InChI is InChI=1S/C11H9IN4O2/c12-8-1-2-10(11(5-8)16(17)18)14-6-9-3-4-13-7-15-9/h1-5,7,14H,6H2. The molecule has 1 aromatic heterocycles. The monoisotopic (exact) mass is 356 g/mol. The molecule has 0 spiro atoms. The number of hydrogen-bond acceptors (Lipinski definition) is 5. The number of benzene rings is 1. The molecule has 1 aromatic carbocycles. The Hall–Kier alpha value is -1.77. The van der Waals surface area contributed by atoms with Gasteiger partial charge in [-0.1, -0.05) is 0 Å². The molecular formula is C11H9IN4O2. The van der Waals surface area contributed by atoms with E-state index < -0.39 is 4.92 Å². The second kappa shape index (κ2) is 5.71. The summed E-state index contributed by atoms with van der Waals surface area (Å²) in [7, 11) is 0. The first-order valence-corrected chi connectivity index (χ1v) is 6.17. The number of halogens is 1. The van der Waals surface area contributed by atoms with Gasteiger partial charge in [-0.15, -0.1) is 0 Å². The SMILES string of the molecule is O=[N+]([O-])c1cc(I)ccc1NCc1ccncn1. The summed E-state index contributed by atoms with van der Waals surface area (Å²) in [6.07, 6.45) is 3.08. The fraction of sp³-hybridized carbons (Fsp3) is 0.0909. The number of nitro groups is 1. The Balaban J connectivity index is 2.17. The maximum absolute atomic E-state index is 10.9. The fourth-order valence-corrected chi connectivity index (χ4v) is 1.89. The molecule has 18 heavy (non-hydrogen) atoms. The van der Waals surface area contributed by atoms with Crippen LogP contribution in [0.15, 0.2) is 36.8 Å². The van der Waals surface area contributed by atoms with Crippen LogP contribution < -0.4 is 5.32 Å². The highest BCUT2D eigenvalue weighted by Gasteiger charge is 2.13. The molecule has 2 rings (SSSR count). The molecule has 92 valence electrons. The third-order valence-corrected chi connectivity index (χ3v) is 2.93. The first kappa shape index (κ1) is 12.7. The van der Waals surface area contributed by atoms with Crippen molar-refractivity contribution in [2.24, 2.45) is 0 Å². The van der Waals surface area contributed by atoms with E-state index in [1.807, 2.05) is 28.7 Å². The van der Waals surface area contributed by atoms with Crippen LogP contribution in [0, 0.1) is 13.7 Å². The molecule has 6 nitrogen and oxygen atoms in total. The lowest BCUT2D eigenvalue weighted by Crippen LogP contribution is -2.04. The molecule has 0 saturated heterocycles. The Bertz CT molecular complexity index is 562. The molecule has 0 fully saturated rings. The van der Waals surface area contributed by atoms with Gasteiger partial charge < -0.3 is 5.32 Å². The van der Waals surface area contributed by atoms with Gasteiger partial charge in [0, 0.05) is 15.8 Å². The van der Waals surface area contributed by atoms with Crippen molar-refractivity contribution in [3.05, 3.63) is 56.2 Å².